The van der Waals surface area contributed by atoms with Crippen LogP contribution in [0.2, 0.25) is 5.02 Å². The van der Waals surface area contributed by atoms with Crippen molar-refractivity contribution in [3.8, 4) is 11.4 Å². The van der Waals surface area contributed by atoms with Crippen LogP contribution in [0.3, 0.4) is 0 Å². The van der Waals surface area contributed by atoms with Crippen LogP contribution in [0.25, 0.3) is 22.4 Å². The molecule has 0 radical (unpaired) electrons. The Bertz CT molecular complexity index is 1110. The molecule has 0 aliphatic rings. The average molecular weight is 391 g/mol. The standard InChI is InChI=1S/C18H19ClN4O2S/c1-5-10(2)26-16-13-15(22(3)18(25)23(4)17(13)24)20-14(21-16)11-8-6-7-9-12(11)19/h6-10H,5H2,1-4H3/t10-/m1/s1. The molecular weight excluding hydrogens is 372 g/mol. The third-order valence-electron chi connectivity index (χ3n) is 4.27. The van der Waals surface area contributed by atoms with E-state index in [0.717, 1.165) is 11.0 Å². The first-order valence-corrected chi connectivity index (χ1v) is 9.50. The van der Waals surface area contributed by atoms with Crippen molar-refractivity contribution >= 4 is 34.4 Å². The molecule has 2 heterocycles. The second-order valence-corrected chi connectivity index (χ2v) is 7.91. The number of hydrogen-bond acceptors (Lipinski definition) is 5. The number of halogens is 1. The molecular formula is C18H19ClN4O2S. The van der Waals surface area contributed by atoms with E-state index in [1.807, 2.05) is 18.2 Å². The van der Waals surface area contributed by atoms with Crippen molar-refractivity contribution < 1.29 is 0 Å². The lowest BCUT2D eigenvalue weighted by Gasteiger charge is -2.14. The van der Waals surface area contributed by atoms with Crippen molar-refractivity contribution in [2.24, 2.45) is 14.1 Å². The maximum atomic E-state index is 12.7. The summed E-state index contributed by atoms with van der Waals surface area (Å²) in [5.74, 6) is 0.400. The zero-order valence-electron chi connectivity index (χ0n) is 15.0. The van der Waals surface area contributed by atoms with Crippen LogP contribution in [-0.4, -0.2) is 24.4 Å². The Hall–Kier alpha value is -2.12. The molecule has 0 saturated heterocycles. The summed E-state index contributed by atoms with van der Waals surface area (Å²) in [6.07, 6.45) is 0.920. The molecule has 26 heavy (non-hydrogen) atoms. The highest BCUT2D eigenvalue weighted by Crippen LogP contribution is 2.31. The molecule has 1 aromatic carbocycles. The summed E-state index contributed by atoms with van der Waals surface area (Å²) in [4.78, 5) is 34.2. The zero-order valence-corrected chi connectivity index (χ0v) is 16.6. The summed E-state index contributed by atoms with van der Waals surface area (Å²) >= 11 is 7.80. The highest BCUT2D eigenvalue weighted by Gasteiger charge is 2.20. The summed E-state index contributed by atoms with van der Waals surface area (Å²) in [6.45, 7) is 4.14. The SMILES string of the molecule is CC[C@@H](C)Sc1nc(-c2ccccc2Cl)nc2c1c(=O)n(C)c(=O)n2C. The molecule has 0 bridgehead atoms. The molecule has 0 aliphatic carbocycles. The van der Waals surface area contributed by atoms with Gasteiger partial charge in [0.15, 0.2) is 11.5 Å². The first kappa shape index (κ1) is 18.7. The highest BCUT2D eigenvalue weighted by molar-refractivity contribution is 8.00. The Morgan fingerprint density at radius 2 is 1.85 bits per heavy atom. The molecule has 0 saturated carbocycles. The molecule has 6 nitrogen and oxygen atoms in total. The van der Waals surface area contributed by atoms with Crippen LogP contribution in [0.15, 0.2) is 38.9 Å². The fraction of sp³-hybridized carbons (Fsp3) is 0.333. The van der Waals surface area contributed by atoms with E-state index in [2.05, 4.69) is 23.8 Å². The molecule has 1 atom stereocenters. The lowest BCUT2D eigenvalue weighted by molar-refractivity contribution is 0.703. The molecule has 3 aromatic rings. The predicted molar refractivity (Wildman–Crippen MR) is 106 cm³/mol. The molecule has 0 spiro atoms. The van der Waals surface area contributed by atoms with Crippen LogP contribution in [0.5, 0.6) is 0 Å². The molecule has 0 N–H and O–H groups in total. The van der Waals surface area contributed by atoms with Crippen LogP contribution in [0, 0.1) is 0 Å². The van der Waals surface area contributed by atoms with Crippen LogP contribution in [0.1, 0.15) is 20.3 Å². The van der Waals surface area contributed by atoms with Gasteiger partial charge in [0.25, 0.3) is 5.56 Å². The summed E-state index contributed by atoms with van der Waals surface area (Å²) < 4.78 is 2.46. The number of rotatable bonds is 4. The summed E-state index contributed by atoms with van der Waals surface area (Å²) in [5.41, 5.74) is 0.162. The quantitative estimate of drug-likeness (QED) is 0.505. The average Bonchev–Trinajstić information content (AvgIpc) is 2.64. The van der Waals surface area contributed by atoms with Crippen molar-refractivity contribution in [3.05, 3.63) is 50.1 Å². The first-order chi connectivity index (χ1) is 12.3. The summed E-state index contributed by atoms with van der Waals surface area (Å²) in [6, 6.07) is 7.25. The second kappa shape index (κ2) is 7.25. The Kier molecular flexibility index (Phi) is 5.20. The molecule has 2 aromatic heterocycles. The Balaban J connectivity index is 2.42. The van der Waals surface area contributed by atoms with Crippen LogP contribution in [-0.2, 0) is 14.1 Å². The van der Waals surface area contributed by atoms with Gasteiger partial charge in [0.05, 0.1) is 5.02 Å². The molecule has 3 rings (SSSR count). The van der Waals surface area contributed by atoms with Gasteiger partial charge in [0.1, 0.15) is 10.4 Å². The number of hydrogen-bond donors (Lipinski definition) is 0. The van der Waals surface area contributed by atoms with E-state index in [-0.39, 0.29) is 10.8 Å². The third-order valence-corrected chi connectivity index (χ3v) is 5.85. The van der Waals surface area contributed by atoms with Gasteiger partial charge in [0.2, 0.25) is 0 Å². The maximum Gasteiger partial charge on any atom is 0.332 e. The smallest absolute Gasteiger partial charge is 0.280 e. The normalized spacial score (nSPS) is 12.5. The third kappa shape index (κ3) is 3.17. The van der Waals surface area contributed by atoms with Gasteiger partial charge < -0.3 is 0 Å². The highest BCUT2D eigenvalue weighted by atomic mass is 35.5. The van der Waals surface area contributed by atoms with Gasteiger partial charge in [-0.2, -0.15) is 0 Å². The Morgan fingerprint density at radius 3 is 2.50 bits per heavy atom. The van der Waals surface area contributed by atoms with Crippen molar-refractivity contribution in [2.75, 3.05) is 0 Å². The largest absolute Gasteiger partial charge is 0.332 e. The summed E-state index contributed by atoms with van der Waals surface area (Å²) in [5, 5.41) is 1.69. The number of aryl methyl sites for hydroxylation is 1. The topological polar surface area (TPSA) is 69.8 Å². The van der Waals surface area contributed by atoms with Gasteiger partial charge in [-0.25, -0.2) is 14.8 Å². The van der Waals surface area contributed by atoms with Crippen molar-refractivity contribution in [2.45, 2.75) is 30.5 Å². The summed E-state index contributed by atoms with van der Waals surface area (Å²) in [7, 11) is 3.06. The van der Waals surface area contributed by atoms with E-state index in [9.17, 15) is 9.59 Å². The van der Waals surface area contributed by atoms with E-state index in [1.165, 1.54) is 23.4 Å². The van der Waals surface area contributed by atoms with Gasteiger partial charge in [0, 0.05) is 24.9 Å². The second-order valence-electron chi connectivity index (χ2n) is 6.07. The Morgan fingerprint density at radius 1 is 1.15 bits per heavy atom. The number of thioether (sulfide) groups is 1. The van der Waals surface area contributed by atoms with Crippen molar-refractivity contribution in [1.29, 1.82) is 0 Å². The van der Waals surface area contributed by atoms with Crippen molar-refractivity contribution in [3.63, 3.8) is 0 Å². The van der Waals surface area contributed by atoms with Gasteiger partial charge in [-0.1, -0.05) is 37.6 Å². The zero-order chi connectivity index (χ0) is 19.0. The Labute approximate surface area is 159 Å². The van der Waals surface area contributed by atoms with Gasteiger partial charge in [-0.15, -0.1) is 11.8 Å². The van der Waals surface area contributed by atoms with E-state index < -0.39 is 5.69 Å². The van der Waals surface area contributed by atoms with Crippen LogP contribution >= 0.6 is 23.4 Å². The number of aromatic nitrogens is 4. The van der Waals surface area contributed by atoms with Gasteiger partial charge >= 0.3 is 5.69 Å². The van der Waals surface area contributed by atoms with Crippen LogP contribution in [0.4, 0.5) is 0 Å². The molecule has 0 fully saturated rings. The molecule has 0 aliphatic heterocycles. The number of benzene rings is 1. The fourth-order valence-corrected chi connectivity index (χ4v) is 3.75. The molecule has 136 valence electrons. The predicted octanol–water partition coefficient (Wildman–Crippen LogP) is 3.24. The first-order valence-electron chi connectivity index (χ1n) is 8.24. The monoisotopic (exact) mass is 390 g/mol. The molecule has 0 amide bonds. The number of nitrogens with zero attached hydrogens (tertiary/aromatic N) is 4. The van der Waals surface area contributed by atoms with Gasteiger partial charge in [-0.05, 0) is 18.6 Å². The fourth-order valence-electron chi connectivity index (χ4n) is 2.55. The van der Waals surface area contributed by atoms with Crippen molar-refractivity contribution in [1.82, 2.24) is 19.1 Å². The minimum Gasteiger partial charge on any atom is -0.280 e. The van der Waals surface area contributed by atoms with E-state index in [0.29, 0.717) is 32.5 Å². The minimum atomic E-state index is -0.425. The maximum absolute atomic E-state index is 12.7. The van der Waals surface area contributed by atoms with E-state index >= 15 is 0 Å². The van der Waals surface area contributed by atoms with Gasteiger partial charge in [-0.3, -0.25) is 13.9 Å². The molecule has 8 heteroatoms. The molecule has 0 unspecified atom stereocenters. The van der Waals surface area contributed by atoms with E-state index in [4.69, 9.17) is 11.6 Å². The lowest BCUT2D eigenvalue weighted by Crippen LogP contribution is -2.37. The number of fused-ring (bicyclic) bond motifs is 1. The van der Waals surface area contributed by atoms with Crippen LogP contribution < -0.4 is 11.2 Å². The van der Waals surface area contributed by atoms with E-state index in [1.54, 1.807) is 13.1 Å². The minimum absolute atomic E-state index is 0.258. The lowest BCUT2D eigenvalue weighted by atomic mass is 10.2.